The summed E-state index contributed by atoms with van der Waals surface area (Å²) >= 11 is 5.07. The molecule has 0 heterocycles. The van der Waals surface area contributed by atoms with E-state index in [9.17, 15) is 4.79 Å². The molecule has 0 bridgehead atoms. The van der Waals surface area contributed by atoms with Crippen LogP contribution in [-0.2, 0) is 10.5 Å². The quantitative estimate of drug-likeness (QED) is 0.496. The molecule has 1 atom stereocenters. The summed E-state index contributed by atoms with van der Waals surface area (Å²) in [7, 11) is 0. The molecule has 2 nitrogen and oxygen atoms in total. The third kappa shape index (κ3) is 5.98. The monoisotopic (exact) mass is 439 g/mol. The fourth-order valence-electron chi connectivity index (χ4n) is 2.81. The van der Waals surface area contributed by atoms with Crippen LogP contribution < -0.4 is 5.32 Å². The van der Waals surface area contributed by atoms with E-state index < -0.39 is 0 Å². The van der Waals surface area contributed by atoms with Gasteiger partial charge in [0.25, 0.3) is 0 Å². The van der Waals surface area contributed by atoms with Gasteiger partial charge in [-0.25, -0.2) is 0 Å². The second-order valence-electron chi connectivity index (χ2n) is 6.44. The summed E-state index contributed by atoms with van der Waals surface area (Å²) in [5.74, 6) is 1.30. The molecule has 1 amide bonds. The number of thioether (sulfide) groups is 1. The first-order valence-electron chi connectivity index (χ1n) is 8.85. The van der Waals surface area contributed by atoms with Crippen LogP contribution in [0.15, 0.2) is 83.3 Å². The van der Waals surface area contributed by atoms with Crippen LogP contribution in [0.25, 0.3) is 0 Å². The second kappa shape index (κ2) is 9.77. The van der Waals surface area contributed by atoms with Gasteiger partial charge in [-0.15, -0.1) is 11.8 Å². The third-order valence-electron chi connectivity index (χ3n) is 4.26. The first kappa shape index (κ1) is 19.7. The van der Waals surface area contributed by atoms with Crippen LogP contribution in [0.1, 0.15) is 28.3 Å². The third-order valence-corrected chi connectivity index (χ3v) is 5.80. The zero-order valence-corrected chi connectivity index (χ0v) is 17.6. The van der Waals surface area contributed by atoms with Crippen molar-refractivity contribution in [2.24, 2.45) is 0 Å². The maximum Gasteiger partial charge on any atom is 0.230 e. The van der Waals surface area contributed by atoms with Gasteiger partial charge in [-0.1, -0.05) is 88.2 Å². The molecule has 0 fully saturated rings. The number of carbonyl (C=O) groups is 1. The number of halogens is 1. The van der Waals surface area contributed by atoms with Crippen LogP contribution in [0, 0.1) is 6.92 Å². The van der Waals surface area contributed by atoms with Crippen molar-refractivity contribution in [2.45, 2.75) is 18.7 Å². The van der Waals surface area contributed by atoms with Gasteiger partial charge in [-0.3, -0.25) is 4.79 Å². The topological polar surface area (TPSA) is 29.1 Å². The highest BCUT2D eigenvalue weighted by Crippen LogP contribution is 2.23. The second-order valence-corrected chi connectivity index (χ2v) is 8.34. The van der Waals surface area contributed by atoms with E-state index in [1.165, 1.54) is 11.1 Å². The Kier molecular flexibility index (Phi) is 7.13. The van der Waals surface area contributed by atoms with E-state index in [1.54, 1.807) is 11.8 Å². The van der Waals surface area contributed by atoms with Gasteiger partial charge < -0.3 is 5.32 Å². The Labute approximate surface area is 173 Å². The van der Waals surface area contributed by atoms with Crippen LogP contribution in [0.3, 0.4) is 0 Å². The Bertz CT molecular complexity index is 863. The number of carbonyl (C=O) groups excluding carboxylic acids is 1. The minimum absolute atomic E-state index is 0.0477. The zero-order valence-electron chi connectivity index (χ0n) is 15.2. The first-order valence-corrected chi connectivity index (χ1v) is 10.8. The predicted molar refractivity (Wildman–Crippen MR) is 118 cm³/mol. The van der Waals surface area contributed by atoms with E-state index in [2.05, 4.69) is 76.7 Å². The van der Waals surface area contributed by atoms with Crippen LogP contribution >= 0.6 is 27.7 Å². The fourth-order valence-corrected chi connectivity index (χ4v) is 3.87. The van der Waals surface area contributed by atoms with Gasteiger partial charge in [0.15, 0.2) is 0 Å². The number of nitrogens with one attached hydrogen (secondary N) is 1. The highest BCUT2D eigenvalue weighted by molar-refractivity contribution is 9.10. The van der Waals surface area contributed by atoms with E-state index in [0.29, 0.717) is 5.75 Å². The van der Waals surface area contributed by atoms with E-state index in [0.717, 1.165) is 21.4 Å². The van der Waals surface area contributed by atoms with Crippen LogP contribution in [0.5, 0.6) is 0 Å². The van der Waals surface area contributed by atoms with Gasteiger partial charge in [0, 0.05) is 10.2 Å². The fraction of sp³-hybridized carbons (Fsp3) is 0.174. The number of aryl methyl sites for hydroxylation is 1. The highest BCUT2D eigenvalue weighted by Gasteiger charge is 2.16. The molecule has 3 rings (SSSR count). The van der Waals surface area contributed by atoms with Gasteiger partial charge in [-0.05, 0) is 35.7 Å². The molecule has 0 aliphatic rings. The molecular formula is C23H22BrNOS. The SMILES string of the molecule is Cc1ccc([C@@H](NC(=O)CSCc2ccc(Br)cc2)c2ccccc2)cc1. The Morgan fingerprint density at radius 3 is 2.22 bits per heavy atom. The maximum absolute atomic E-state index is 12.6. The molecule has 3 aromatic rings. The van der Waals surface area contributed by atoms with Crippen molar-refractivity contribution in [2.75, 3.05) is 5.75 Å². The Morgan fingerprint density at radius 1 is 0.926 bits per heavy atom. The molecule has 0 saturated carbocycles. The van der Waals surface area contributed by atoms with E-state index in [1.807, 2.05) is 30.3 Å². The van der Waals surface area contributed by atoms with Crippen LogP contribution in [0.2, 0.25) is 0 Å². The standard InChI is InChI=1S/C23H22BrNOS/c1-17-7-11-20(12-8-17)23(19-5-3-2-4-6-19)25-22(26)16-27-15-18-9-13-21(24)14-10-18/h2-14,23H,15-16H2,1H3,(H,25,26)/t23-/m0/s1. The zero-order chi connectivity index (χ0) is 19.1. The molecule has 138 valence electrons. The Hall–Kier alpha value is -2.04. The van der Waals surface area contributed by atoms with Crippen molar-refractivity contribution in [1.82, 2.24) is 5.32 Å². The molecule has 0 spiro atoms. The summed E-state index contributed by atoms with van der Waals surface area (Å²) in [5.41, 5.74) is 4.61. The summed E-state index contributed by atoms with van der Waals surface area (Å²) in [4.78, 5) is 12.6. The molecule has 0 aromatic heterocycles. The smallest absolute Gasteiger partial charge is 0.230 e. The van der Waals surface area contributed by atoms with Crippen molar-refractivity contribution in [3.05, 3.63) is 106 Å². The highest BCUT2D eigenvalue weighted by atomic mass is 79.9. The number of hydrogen-bond donors (Lipinski definition) is 1. The predicted octanol–water partition coefficient (Wildman–Crippen LogP) is 5.90. The molecule has 27 heavy (non-hydrogen) atoms. The van der Waals surface area contributed by atoms with E-state index >= 15 is 0 Å². The minimum Gasteiger partial charge on any atom is -0.344 e. The molecule has 0 aliphatic heterocycles. The lowest BCUT2D eigenvalue weighted by Gasteiger charge is -2.20. The normalized spacial score (nSPS) is 11.8. The molecular weight excluding hydrogens is 418 g/mol. The number of amides is 1. The molecule has 0 saturated heterocycles. The lowest BCUT2D eigenvalue weighted by Crippen LogP contribution is -2.30. The first-order chi connectivity index (χ1) is 13.1. The number of hydrogen-bond acceptors (Lipinski definition) is 2. The summed E-state index contributed by atoms with van der Waals surface area (Å²) in [6.07, 6.45) is 0. The average Bonchev–Trinajstić information content (AvgIpc) is 2.69. The molecule has 3 aromatic carbocycles. The summed E-state index contributed by atoms with van der Waals surface area (Å²) in [5, 5.41) is 3.20. The van der Waals surface area contributed by atoms with Crippen molar-refractivity contribution in [3.8, 4) is 0 Å². The van der Waals surface area contributed by atoms with Gasteiger partial charge in [-0.2, -0.15) is 0 Å². The summed E-state index contributed by atoms with van der Waals surface area (Å²) in [6.45, 7) is 2.07. The Balaban J connectivity index is 1.63. The summed E-state index contributed by atoms with van der Waals surface area (Å²) in [6, 6.07) is 26.5. The van der Waals surface area contributed by atoms with Gasteiger partial charge in [0.1, 0.15) is 0 Å². The van der Waals surface area contributed by atoms with Gasteiger partial charge >= 0.3 is 0 Å². The minimum atomic E-state index is -0.132. The van der Waals surface area contributed by atoms with Crippen molar-refractivity contribution in [3.63, 3.8) is 0 Å². The molecule has 0 unspecified atom stereocenters. The largest absolute Gasteiger partial charge is 0.344 e. The molecule has 1 N–H and O–H groups in total. The van der Waals surface area contributed by atoms with Crippen molar-refractivity contribution >= 4 is 33.6 Å². The lowest BCUT2D eigenvalue weighted by atomic mass is 9.98. The van der Waals surface area contributed by atoms with E-state index in [4.69, 9.17) is 0 Å². The van der Waals surface area contributed by atoms with Gasteiger partial charge in [0.05, 0.1) is 11.8 Å². The summed E-state index contributed by atoms with van der Waals surface area (Å²) < 4.78 is 1.07. The molecule has 0 aliphatic carbocycles. The van der Waals surface area contributed by atoms with Crippen molar-refractivity contribution in [1.29, 1.82) is 0 Å². The average molecular weight is 440 g/mol. The molecule has 4 heteroatoms. The Morgan fingerprint density at radius 2 is 1.56 bits per heavy atom. The van der Waals surface area contributed by atoms with E-state index in [-0.39, 0.29) is 11.9 Å². The van der Waals surface area contributed by atoms with Crippen LogP contribution in [0.4, 0.5) is 0 Å². The lowest BCUT2D eigenvalue weighted by molar-refractivity contribution is -0.119. The number of benzene rings is 3. The molecule has 0 radical (unpaired) electrons. The van der Waals surface area contributed by atoms with Crippen molar-refractivity contribution < 1.29 is 4.79 Å². The van der Waals surface area contributed by atoms with Crippen LogP contribution in [-0.4, -0.2) is 11.7 Å². The maximum atomic E-state index is 12.6. The van der Waals surface area contributed by atoms with Gasteiger partial charge in [0.2, 0.25) is 5.91 Å². The number of rotatable bonds is 7.